The van der Waals surface area contributed by atoms with Crippen molar-refractivity contribution in [2.45, 2.75) is 6.92 Å². The normalized spacial score (nSPS) is 10.8. The van der Waals surface area contributed by atoms with E-state index in [1.54, 1.807) is 18.2 Å². The average Bonchev–Trinajstić information content (AvgIpc) is 2.41. The Kier molecular flexibility index (Phi) is 2.60. The molecule has 3 heteroatoms. The third-order valence-electron chi connectivity index (χ3n) is 3.15. The summed E-state index contributed by atoms with van der Waals surface area (Å²) in [5.41, 5.74) is 8.74. The fraction of sp³-hybridized carbons (Fsp3) is 0.0625. The van der Waals surface area contributed by atoms with Crippen molar-refractivity contribution >= 4 is 16.7 Å². The summed E-state index contributed by atoms with van der Waals surface area (Å²) < 4.78 is 5.86. The van der Waals surface area contributed by atoms with Gasteiger partial charge in [0.05, 0.1) is 5.39 Å². The van der Waals surface area contributed by atoms with E-state index in [1.807, 2.05) is 31.2 Å². The highest BCUT2D eigenvalue weighted by Crippen LogP contribution is 2.24. The lowest BCUT2D eigenvalue weighted by atomic mass is 10.1. The number of nitrogens with two attached hydrogens (primary N) is 1. The zero-order chi connectivity index (χ0) is 13.4. The molecule has 0 unspecified atom stereocenters. The van der Waals surface area contributed by atoms with Crippen molar-refractivity contribution in [1.29, 1.82) is 0 Å². The number of anilines is 1. The number of fused-ring (bicyclic) bond motifs is 1. The number of nitrogen functional groups attached to an aromatic ring is 1. The largest absolute Gasteiger partial charge is 0.456 e. The second kappa shape index (κ2) is 4.28. The fourth-order valence-corrected chi connectivity index (χ4v) is 2.11. The van der Waals surface area contributed by atoms with Crippen LogP contribution in [0.25, 0.3) is 22.3 Å². The SMILES string of the molecule is Cc1cccc2c(=O)cc(-c3ccc(N)cc3)oc12. The van der Waals surface area contributed by atoms with Gasteiger partial charge in [0, 0.05) is 17.3 Å². The predicted molar refractivity (Wildman–Crippen MR) is 77.1 cm³/mol. The van der Waals surface area contributed by atoms with E-state index in [-0.39, 0.29) is 5.43 Å². The van der Waals surface area contributed by atoms with Crippen molar-refractivity contribution in [1.82, 2.24) is 0 Å². The summed E-state index contributed by atoms with van der Waals surface area (Å²) in [5, 5.41) is 0.610. The molecule has 3 rings (SSSR count). The molecule has 0 aliphatic carbocycles. The number of hydrogen-bond acceptors (Lipinski definition) is 3. The molecule has 0 bridgehead atoms. The molecule has 3 aromatic rings. The molecule has 1 heterocycles. The molecule has 0 radical (unpaired) electrons. The van der Waals surface area contributed by atoms with Crippen LogP contribution in [0, 0.1) is 6.92 Å². The highest BCUT2D eigenvalue weighted by Gasteiger charge is 2.08. The Hall–Kier alpha value is -2.55. The molecule has 0 aliphatic heterocycles. The van der Waals surface area contributed by atoms with Crippen LogP contribution in [-0.2, 0) is 0 Å². The van der Waals surface area contributed by atoms with E-state index >= 15 is 0 Å². The second-order valence-electron chi connectivity index (χ2n) is 4.55. The molecule has 2 N–H and O–H groups in total. The average molecular weight is 251 g/mol. The lowest BCUT2D eigenvalue weighted by Gasteiger charge is -2.05. The van der Waals surface area contributed by atoms with Gasteiger partial charge in [-0.1, -0.05) is 12.1 Å². The number of hydrogen-bond donors (Lipinski definition) is 1. The minimum atomic E-state index is -0.0308. The van der Waals surface area contributed by atoms with Crippen LogP contribution in [-0.4, -0.2) is 0 Å². The first-order valence-electron chi connectivity index (χ1n) is 6.04. The van der Waals surface area contributed by atoms with Crippen LogP contribution in [0.15, 0.2) is 57.7 Å². The van der Waals surface area contributed by atoms with Gasteiger partial charge in [0.15, 0.2) is 5.43 Å². The number of rotatable bonds is 1. The minimum Gasteiger partial charge on any atom is -0.456 e. The van der Waals surface area contributed by atoms with Gasteiger partial charge in [-0.25, -0.2) is 0 Å². The molecular weight excluding hydrogens is 238 g/mol. The highest BCUT2D eigenvalue weighted by atomic mass is 16.3. The van der Waals surface area contributed by atoms with Gasteiger partial charge in [-0.2, -0.15) is 0 Å². The summed E-state index contributed by atoms with van der Waals surface area (Å²) in [6, 6.07) is 14.4. The van der Waals surface area contributed by atoms with Crippen molar-refractivity contribution in [2.75, 3.05) is 5.73 Å². The maximum absolute atomic E-state index is 12.1. The molecule has 0 aliphatic rings. The molecule has 0 fully saturated rings. The Morgan fingerprint density at radius 2 is 1.79 bits per heavy atom. The highest BCUT2D eigenvalue weighted by molar-refractivity contribution is 5.81. The van der Waals surface area contributed by atoms with E-state index in [4.69, 9.17) is 10.2 Å². The number of para-hydroxylation sites is 1. The summed E-state index contributed by atoms with van der Waals surface area (Å²) >= 11 is 0. The third-order valence-corrected chi connectivity index (χ3v) is 3.15. The molecule has 3 nitrogen and oxygen atoms in total. The summed E-state index contributed by atoms with van der Waals surface area (Å²) in [4.78, 5) is 12.1. The summed E-state index contributed by atoms with van der Waals surface area (Å²) in [6.07, 6.45) is 0. The molecule has 0 atom stereocenters. The molecule has 2 aromatic carbocycles. The molecule has 0 saturated carbocycles. The first-order valence-corrected chi connectivity index (χ1v) is 6.04. The van der Waals surface area contributed by atoms with Crippen LogP contribution in [0.4, 0.5) is 5.69 Å². The lowest BCUT2D eigenvalue weighted by Crippen LogP contribution is -2.01. The first kappa shape index (κ1) is 11.5. The van der Waals surface area contributed by atoms with E-state index in [2.05, 4.69) is 0 Å². The van der Waals surface area contributed by atoms with Crippen molar-refractivity contribution < 1.29 is 4.42 Å². The smallest absolute Gasteiger partial charge is 0.193 e. The van der Waals surface area contributed by atoms with Gasteiger partial charge in [-0.15, -0.1) is 0 Å². The van der Waals surface area contributed by atoms with Crippen molar-refractivity contribution in [3.8, 4) is 11.3 Å². The fourth-order valence-electron chi connectivity index (χ4n) is 2.11. The van der Waals surface area contributed by atoms with Crippen LogP contribution < -0.4 is 11.2 Å². The van der Waals surface area contributed by atoms with Gasteiger partial charge in [0.1, 0.15) is 11.3 Å². The van der Waals surface area contributed by atoms with Crippen LogP contribution in [0.1, 0.15) is 5.56 Å². The molecule has 1 aromatic heterocycles. The van der Waals surface area contributed by atoms with Crippen molar-refractivity contribution in [3.63, 3.8) is 0 Å². The topological polar surface area (TPSA) is 56.2 Å². The Morgan fingerprint density at radius 3 is 2.53 bits per heavy atom. The Morgan fingerprint density at radius 1 is 1.05 bits per heavy atom. The Labute approximate surface area is 110 Å². The van der Waals surface area contributed by atoms with Gasteiger partial charge in [-0.3, -0.25) is 4.79 Å². The summed E-state index contributed by atoms with van der Waals surface area (Å²) in [5.74, 6) is 0.562. The standard InChI is InChI=1S/C16H13NO2/c1-10-3-2-4-13-14(18)9-15(19-16(10)13)11-5-7-12(17)8-6-11/h2-9H,17H2,1H3. The zero-order valence-electron chi connectivity index (χ0n) is 10.5. The Bertz CT molecular complexity index is 801. The third kappa shape index (κ3) is 1.99. The van der Waals surface area contributed by atoms with Gasteiger partial charge < -0.3 is 10.2 Å². The molecule has 19 heavy (non-hydrogen) atoms. The van der Waals surface area contributed by atoms with Crippen molar-refractivity contribution in [3.05, 3.63) is 64.3 Å². The lowest BCUT2D eigenvalue weighted by molar-refractivity contribution is 0.616. The van der Waals surface area contributed by atoms with E-state index in [0.717, 1.165) is 11.1 Å². The summed E-state index contributed by atoms with van der Waals surface area (Å²) in [6.45, 7) is 1.93. The second-order valence-corrected chi connectivity index (χ2v) is 4.55. The maximum atomic E-state index is 12.1. The molecule has 0 saturated heterocycles. The van der Waals surface area contributed by atoms with E-state index < -0.39 is 0 Å². The van der Waals surface area contributed by atoms with Gasteiger partial charge >= 0.3 is 0 Å². The number of benzene rings is 2. The minimum absolute atomic E-state index is 0.0308. The van der Waals surface area contributed by atoms with E-state index in [9.17, 15) is 4.79 Å². The molecule has 0 spiro atoms. The van der Waals surface area contributed by atoms with Gasteiger partial charge in [-0.05, 0) is 42.8 Å². The maximum Gasteiger partial charge on any atom is 0.193 e. The molecule has 94 valence electrons. The number of aryl methyl sites for hydroxylation is 1. The first-order chi connectivity index (χ1) is 9.15. The monoisotopic (exact) mass is 251 g/mol. The zero-order valence-corrected chi connectivity index (χ0v) is 10.5. The molecular formula is C16H13NO2. The predicted octanol–water partition coefficient (Wildman–Crippen LogP) is 3.35. The Balaban J connectivity index is 2.29. The summed E-state index contributed by atoms with van der Waals surface area (Å²) in [7, 11) is 0. The van der Waals surface area contributed by atoms with Gasteiger partial charge in [0.2, 0.25) is 0 Å². The molecule has 0 amide bonds. The van der Waals surface area contributed by atoms with Gasteiger partial charge in [0.25, 0.3) is 0 Å². The van der Waals surface area contributed by atoms with Crippen LogP contribution in [0.5, 0.6) is 0 Å². The quantitative estimate of drug-likeness (QED) is 0.675. The van der Waals surface area contributed by atoms with E-state index in [1.165, 1.54) is 6.07 Å². The van der Waals surface area contributed by atoms with Crippen molar-refractivity contribution in [2.24, 2.45) is 0 Å². The van der Waals surface area contributed by atoms with E-state index in [0.29, 0.717) is 22.4 Å². The van der Waals surface area contributed by atoms with Crippen LogP contribution in [0.2, 0.25) is 0 Å². The van der Waals surface area contributed by atoms with Crippen LogP contribution >= 0.6 is 0 Å². The van der Waals surface area contributed by atoms with Crippen LogP contribution in [0.3, 0.4) is 0 Å².